The average molecular weight is 353 g/mol. The number of nitrogens with one attached hydrogen (secondary N) is 1. The fourth-order valence-electron chi connectivity index (χ4n) is 3.30. The summed E-state index contributed by atoms with van der Waals surface area (Å²) in [6, 6.07) is 0.215. The Balaban J connectivity index is 1.67. The van der Waals surface area contributed by atoms with Crippen molar-refractivity contribution in [1.29, 1.82) is 0 Å². The number of nitrogens with zero attached hydrogens (tertiary/aromatic N) is 5. The number of ether oxygens (including phenoxy) is 1. The maximum absolute atomic E-state index is 6.17. The van der Waals surface area contributed by atoms with Crippen molar-refractivity contribution in [2.75, 3.05) is 26.2 Å². The van der Waals surface area contributed by atoms with Gasteiger partial charge in [-0.15, -0.1) is 0 Å². The van der Waals surface area contributed by atoms with E-state index in [-0.39, 0.29) is 12.1 Å². The molecule has 1 aliphatic heterocycles. The molecule has 2 atom stereocenters. The monoisotopic (exact) mass is 352 g/mol. The normalized spacial score (nSPS) is 22.2. The molecule has 7 nitrogen and oxygen atoms in total. The first-order chi connectivity index (χ1) is 11.6. The lowest BCUT2D eigenvalue weighted by molar-refractivity contribution is -0.0695. The third-order valence-corrected chi connectivity index (χ3v) is 4.89. The Kier molecular flexibility index (Phi) is 5.55. The summed E-state index contributed by atoms with van der Waals surface area (Å²) in [6.45, 7) is 6.30. The fourth-order valence-corrected chi connectivity index (χ4v) is 3.53. The lowest BCUT2D eigenvalue weighted by Gasteiger charge is -2.40. The van der Waals surface area contributed by atoms with E-state index in [1.54, 1.807) is 10.9 Å². The number of aryl methyl sites for hydroxylation is 2. The van der Waals surface area contributed by atoms with E-state index in [2.05, 4.69) is 33.5 Å². The van der Waals surface area contributed by atoms with Gasteiger partial charge in [-0.3, -0.25) is 14.3 Å². The van der Waals surface area contributed by atoms with Crippen LogP contribution in [0.25, 0.3) is 0 Å². The summed E-state index contributed by atoms with van der Waals surface area (Å²) in [4.78, 5) is 2.45. The number of morpholine rings is 1. The SMILES string of the molecule is CCN1CCO[C@@H](CNCc2c(Cl)cnn2C)[C@@H]1c1cnn(C)c1. The van der Waals surface area contributed by atoms with E-state index in [0.717, 1.165) is 31.9 Å². The molecule has 0 saturated carbocycles. The standard InChI is InChI=1S/C16H25ClN6O/c1-4-23-5-6-24-15(16(23)12-7-19-21(2)11-12)10-18-9-14-13(17)8-20-22(14)3/h7-8,11,15-16,18H,4-6,9-10H2,1-3H3/t15-,16-/m0/s1. The smallest absolute Gasteiger partial charge is 0.0897 e. The molecule has 24 heavy (non-hydrogen) atoms. The second-order valence-electron chi connectivity index (χ2n) is 6.12. The number of likely N-dealkylation sites (N-methyl/N-ethyl adjacent to an activating group) is 1. The molecule has 0 amide bonds. The summed E-state index contributed by atoms with van der Waals surface area (Å²) in [5.74, 6) is 0. The van der Waals surface area contributed by atoms with Crippen LogP contribution in [0.2, 0.25) is 5.02 Å². The van der Waals surface area contributed by atoms with Gasteiger partial charge in [-0.2, -0.15) is 10.2 Å². The molecule has 1 fully saturated rings. The molecule has 3 heterocycles. The lowest BCUT2D eigenvalue weighted by Crippen LogP contribution is -2.48. The van der Waals surface area contributed by atoms with Crippen LogP contribution in [0.4, 0.5) is 0 Å². The highest BCUT2D eigenvalue weighted by Gasteiger charge is 2.33. The summed E-state index contributed by atoms with van der Waals surface area (Å²) in [5.41, 5.74) is 2.18. The van der Waals surface area contributed by atoms with E-state index in [4.69, 9.17) is 16.3 Å². The highest BCUT2D eigenvalue weighted by molar-refractivity contribution is 6.31. The van der Waals surface area contributed by atoms with Crippen molar-refractivity contribution >= 4 is 11.6 Å². The number of rotatable bonds is 6. The van der Waals surface area contributed by atoms with Gasteiger partial charge in [0.25, 0.3) is 0 Å². The zero-order valence-electron chi connectivity index (χ0n) is 14.4. The largest absolute Gasteiger partial charge is 0.374 e. The third kappa shape index (κ3) is 3.64. The van der Waals surface area contributed by atoms with Gasteiger partial charge in [0.15, 0.2) is 0 Å². The van der Waals surface area contributed by atoms with Gasteiger partial charge in [-0.05, 0) is 6.54 Å². The summed E-state index contributed by atoms with van der Waals surface area (Å²) < 4.78 is 9.71. The predicted octanol–water partition coefficient (Wildman–Crippen LogP) is 1.36. The molecule has 0 aliphatic carbocycles. The van der Waals surface area contributed by atoms with Gasteiger partial charge in [0.1, 0.15) is 0 Å². The average Bonchev–Trinajstić information content (AvgIpc) is 3.14. The Bertz CT molecular complexity index is 650. The molecule has 0 spiro atoms. The van der Waals surface area contributed by atoms with Crippen molar-refractivity contribution in [3.63, 3.8) is 0 Å². The quantitative estimate of drug-likeness (QED) is 0.850. The summed E-state index contributed by atoms with van der Waals surface area (Å²) >= 11 is 6.17. The topological polar surface area (TPSA) is 60.1 Å². The van der Waals surface area contributed by atoms with Gasteiger partial charge in [0.2, 0.25) is 0 Å². The van der Waals surface area contributed by atoms with Crippen LogP contribution in [0.15, 0.2) is 18.6 Å². The van der Waals surface area contributed by atoms with E-state index in [1.807, 2.05) is 25.0 Å². The minimum absolute atomic E-state index is 0.0786. The summed E-state index contributed by atoms with van der Waals surface area (Å²) in [6.07, 6.45) is 5.77. The van der Waals surface area contributed by atoms with Gasteiger partial charge >= 0.3 is 0 Å². The molecule has 1 N–H and O–H groups in total. The third-order valence-electron chi connectivity index (χ3n) is 4.58. The van der Waals surface area contributed by atoms with Crippen LogP contribution in [0.5, 0.6) is 0 Å². The number of aromatic nitrogens is 4. The summed E-state index contributed by atoms with van der Waals surface area (Å²) in [7, 11) is 3.85. The Morgan fingerprint density at radius 2 is 2.17 bits per heavy atom. The van der Waals surface area contributed by atoms with Gasteiger partial charge in [-0.25, -0.2) is 0 Å². The Morgan fingerprint density at radius 1 is 1.33 bits per heavy atom. The second kappa shape index (κ2) is 7.65. The Morgan fingerprint density at radius 3 is 2.79 bits per heavy atom. The molecule has 8 heteroatoms. The molecule has 0 radical (unpaired) electrons. The Hall–Kier alpha value is -1.41. The van der Waals surface area contributed by atoms with Crippen LogP contribution >= 0.6 is 11.6 Å². The van der Waals surface area contributed by atoms with E-state index < -0.39 is 0 Å². The van der Waals surface area contributed by atoms with Crippen molar-refractivity contribution in [2.45, 2.75) is 25.6 Å². The van der Waals surface area contributed by atoms with E-state index >= 15 is 0 Å². The highest BCUT2D eigenvalue weighted by Crippen LogP contribution is 2.29. The molecular weight excluding hydrogens is 328 g/mol. The minimum Gasteiger partial charge on any atom is -0.374 e. The molecule has 3 rings (SSSR count). The first-order valence-corrected chi connectivity index (χ1v) is 8.69. The fraction of sp³-hybridized carbons (Fsp3) is 0.625. The van der Waals surface area contributed by atoms with E-state index in [0.29, 0.717) is 11.6 Å². The van der Waals surface area contributed by atoms with Crippen LogP contribution in [0.3, 0.4) is 0 Å². The minimum atomic E-state index is 0.0786. The first kappa shape index (κ1) is 17.4. The Labute approximate surface area is 147 Å². The molecular formula is C16H25ClN6O. The predicted molar refractivity (Wildman–Crippen MR) is 92.9 cm³/mol. The van der Waals surface area contributed by atoms with Crippen molar-refractivity contribution in [3.05, 3.63) is 34.9 Å². The van der Waals surface area contributed by atoms with Crippen LogP contribution in [-0.4, -0.2) is 56.8 Å². The van der Waals surface area contributed by atoms with Gasteiger partial charge in [0.05, 0.1) is 41.9 Å². The van der Waals surface area contributed by atoms with Crippen LogP contribution < -0.4 is 5.32 Å². The van der Waals surface area contributed by atoms with Crippen LogP contribution in [0.1, 0.15) is 24.2 Å². The van der Waals surface area contributed by atoms with Crippen molar-refractivity contribution < 1.29 is 4.74 Å². The van der Waals surface area contributed by atoms with Crippen LogP contribution in [-0.2, 0) is 25.4 Å². The molecule has 1 aliphatic rings. The van der Waals surface area contributed by atoms with Gasteiger partial charge < -0.3 is 10.1 Å². The van der Waals surface area contributed by atoms with E-state index in [9.17, 15) is 0 Å². The lowest BCUT2D eigenvalue weighted by atomic mass is 10.0. The molecule has 0 unspecified atom stereocenters. The number of halogens is 1. The molecule has 1 saturated heterocycles. The van der Waals surface area contributed by atoms with Gasteiger partial charge in [-0.1, -0.05) is 18.5 Å². The number of hydrogen-bond acceptors (Lipinski definition) is 5. The molecule has 0 aromatic carbocycles. The zero-order chi connectivity index (χ0) is 17.1. The number of hydrogen-bond donors (Lipinski definition) is 1. The first-order valence-electron chi connectivity index (χ1n) is 8.31. The molecule has 132 valence electrons. The van der Waals surface area contributed by atoms with Gasteiger partial charge in [0, 0.05) is 45.5 Å². The maximum atomic E-state index is 6.17. The highest BCUT2D eigenvalue weighted by atomic mass is 35.5. The van der Waals surface area contributed by atoms with Crippen molar-refractivity contribution in [3.8, 4) is 0 Å². The summed E-state index contributed by atoms with van der Waals surface area (Å²) in [5, 5.41) is 12.6. The van der Waals surface area contributed by atoms with Crippen molar-refractivity contribution in [2.24, 2.45) is 14.1 Å². The molecule has 2 aromatic rings. The zero-order valence-corrected chi connectivity index (χ0v) is 15.2. The van der Waals surface area contributed by atoms with Crippen molar-refractivity contribution in [1.82, 2.24) is 29.8 Å². The molecule has 2 aromatic heterocycles. The maximum Gasteiger partial charge on any atom is 0.0897 e. The van der Waals surface area contributed by atoms with Crippen LogP contribution in [0, 0.1) is 0 Å². The van der Waals surface area contributed by atoms with E-state index in [1.165, 1.54) is 5.56 Å². The second-order valence-corrected chi connectivity index (χ2v) is 6.53. The molecule has 0 bridgehead atoms.